The molecule has 1 fully saturated rings. The van der Waals surface area contributed by atoms with Crippen molar-refractivity contribution in [1.29, 1.82) is 0 Å². The highest BCUT2D eigenvalue weighted by Gasteiger charge is 2.32. The van der Waals surface area contributed by atoms with Gasteiger partial charge in [-0.1, -0.05) is 19.9 Å². The lowest BCUT2D eigenvalue weighted by atomic mass is 9.49. The van der Waals surface area contributed by atoms with Gasteiger partial charge >= 0.3 is 6.03 Å². The van der Waals surface area contributed by atoms with E-state index in [4.69, 9.17) is 4.74 Å². The number of nitrogens with zero attached hydrogens (tertiary/aromatic N) is 7. The first-order valence-corrected chi connectivity index (χ1v) is 12.5. The third kappa shape index (κ3) is 5.92. The summed E-state index contributed by atoms with van der Waals surface area (Å²) < 4.78 is 7.34. The zero-order chi connectivity index (χ0) is 27.6. The van der Waals surface area contributed by atoms with Gasteiger partial charge in [-0.3, -0.25) is 14.4 Å². The molecule has 2 N–H and O–H groups in total. The van der Waals surface area contributed by atoms with E-state index in [1.807, 2.05) is 41.7 Å². The van der Waals surface area contributed by atoms with Crippen LogP contribution in [0.1, 0.15) is 24.3 Å². The van der Waals surface area contributed by atoms with E-state index >= 15 is 0 Å². The van der Waals surface area contributed by atoms with Crippen LogP contribution in [0.4, 0.5) is 22.0 Å². The molecule has 0 radical (unpaired) electrons. The number of anilines is 3. The van der Waals surface area contributed by atoms with Crippen molar-refractivity contribution >= 4 is 52.7 Å². The average molecular weight is 515 g/mol. The summed E-state index contributed by atoms with van der Waals surface area (Å²) >= 11 is 0. The van der Waals surface area contributed by atoms with Gasteiger partial charge < -0.3 is 20.3 Å². The Morgan fingerprint density at radius 1 is 1.18 bits per heavy atom. The van der Waals surface area contributed by atoms with Crippen molar-refractivity contribution < 1.29 is 14.3 Å². The van der Waals surface area contributed by atoms with E-state index in [9.17, 15) is 9.59 Å². The number of aryl methyl sites for hydroxylation is 1. The fourth-order valence-corrected chi connectivity index (χ4v) is 4.22. The normalized spacial score (nSPS) is 13.8. The fraction of sp³-hybridized carbons (Fsp3) is 0.391. The Labute approximate surface area is 224 Å². The number of amides is 3. The van der Waals surface area contributed by atoms with Crippen molar-refractivity contribution in [3.8, 4) is 17.1 Å². The third-order valence-electron chi connectivity index (χ3n) is 5.77. The zero-order valence-electron chi connectivity index (χ0n) is 22.9. The lowest BCUT2D eigenvalue weighted by Gasteiger charge is -2.23. The summed E-state index contributed by atoms with van der Waals surface area (Å²) in [7, 11) is 9.01. The number of aromatic nitrogens is 5. The van der Waals surface area contributed by atoms with Gasteiger partial charge in [0.15, 0.2) is 23.1 Å². The number of benzene rings is 1. The number of carbonyl (C=O) groups excluding carboxylic acids is 2. The van der Waals surface area contributed by atoms with Crippen molar-refractivity contribution in [3.05, 3.63) is 36.3 Å². The number of carbonyl (C=O) groups is 2. The van der Waals surface area contributed by atoms with Crippen LogP contribution in [0.3, 0.4) is 0 Å². The molecular weight excluding hydrogens is 483 g/mol. The smallest absolute Gasteiger partial charge is 0.325 e. The second-order valence-electron chi connectivity index (χ2n) is 10.7. The van der Waals surface area contributed by atoms with Gasteiger partial charge in [0.25, 0.3) is 5.91 Å². The first kappa shape index (κ1) is 27.0. The predicted molar refractivity (Wildman–Crippen MR) is 153 cm³/mol. The largest absolute Gasteiger partial charge is 0.494 e. The molecule has 1 aliphatic rings. The van der Waals surface area contributed by atoms with E-state index in [1.165, 1.54) is 0 Å². The standard InChI is InChI=1S/C23H32B3N9O3/c1-13(2)11-34-8-9-35(22(34)37)17-10-16(18(31-30-17)21(36)29-23(24,25)26)28-15-7-5-6-14(19(15)38-4)20-27-12-33(3)32-20/h5-7,10,12-13H,8-9,11,24-26H2,1-4H3,(H,28,30)(H,29,36). The molecule has 0 bridgehead atoms. The zero-order valence-corrected chi connectivity index (χ0v) is 22.9. The van der Waals surface area contributed by atoms with Crippen LogP contribution in [0.5, 0.6) is 5.75 Å². The Balaban J connectivity index is 1.74. The molecule has 38 heavy (non-hydrogen) atoms. The monoisotopic (exact) mass is 515 g/mol. The van der Waals surface area contributed by atoms with Crippen molar-refractivity contribution in [2.45, 2.75) is 19.1 Å². The van der Waals surface area contributed by atoms with Gasteiger partial charge in [0.2, 0.25) is 0 Å². The minimum Gasteiger partial charge on any atom is -0.494 e. The van der Waals surface area contributed by atoms with E-state index in [0.717, 1.165) is 0 Å². The molecule has 196 valence electrons. The number of ether oxygens (including phenoxy) is 1. The molecule has 12 nitrogen and oxygen atoms in total. The Bertz CT molecular complexity index is 1340. The lowest BCUT2D eigenvalue weighted by Crippen LogP contribution is -2.50. The van der Waals surface area contributed by atoms with Crippen LogP contribution >= 0.6 is 0 Å². The van der Waals surface area contributed by atoms with E-state index in [1.54, 1.807) is 41.0 Å². The molecule has 3 amide bonds. The summed E-state index contributed by atoms with van der Waals surface area (Å²) in [6.45, 7) is 5.88. The summed E-state index contributed by atoms with van der Waals surface area (Å²) in [4.78, 5) is 34.0. The van der Waals surface area contributed by atoms with Crippen molar-refractivity contribution in [2.24, 2.45) is 13.0 Å². The minimum absolute atomic E-state index is 0.0952. The van der Waals surface area contributed by atoms with Crippen LogP contribution in [0.15, 0.2) is 30.6 Å². The van der Waals surface area contributed by atoms with Gasteiger partial charge in [-0.25, -0.2) is 9.78 Å². The second-order valence-corrected chi connectivity index (χ2v) is 10.7. The highest BCUT2D eigenvalue weighted by molar-refractivity contribution is 6.60. The Kier molecular flexibility index (Phi) is 7.65. The molecule has 0 unspecified atom stereocenters. The van der Waals surface area contributed by atoms with Crippen LogP contribution in [-0.4, -0.2) is 97.3 Å². The number of hydrogen-bond acceptors (Lipinski definition) is 8. The third-order valence-corrected chi connectivity index (χ3v) is 5.77. The summed E-state index contributed by atoms with van der Waals surface area (Å²) in [5.74, 6) is 1.31. The first-order valence-electron chi connectivity index (χ1n) is 12.5. The van der Waals surface area contributed by atoms with E-state index in [0.29, 0.717) is 59.9 Å². The van der Waals surface area contributed by atoms with Crippen molar-refractivity contribution in [1.82, 2.24) is 35.2 Å². The minimum atomic E-state index is -0.487. The Morgan fingerprint density at radius 2 is 1.95 bits per heavy atom. The Hall–Kier alpha value is -4.03. The summed E-state index contributed by atoms with van der Waals surface area (Å²) in [6, 6.07) is 7.06. The maximum Gasteiger partial charge on any atom is 0.325 e. The number of para-hydroxylation sites is 1. The topological polar surface area (TPSA) is 130 Å². The van der Waals surface area contributed by atoms with Crippen LogP contribution in [0.2, 0.25) is 0 Å². The summed E-state index contributed by atoms with van der Waals surface area (Å²) in [5, 5.41) is 18.6. The second kappa shape index (κ2) is 10.8. The molecule has 1 aliphatic heterocycles. The van der Waals surface area contributed by atoms with Crippen molar-refractivity contribution in [2.75, 3.05) is 37.0 Å². The Morgan fingerprint density at radius 3 is 2.58 bits per heavy atom. The van der Waals surface area contributed by atoms with Gasteiger partial charge in [0.05, 0.1) is 24.0 Å². The molecule has 0 saturated carbocycles. The lowest BCUT2D eigenvalue weighted by molar-refractivity contribution is 0.0947. The molecule has 15 heteroatoms. The number of nitrogens with one attached hydrogen (secondary N) is 2. The van der Waals surface area contributed by atoms with Crippen LogP contribution < -0.4 is 20.3 Å². The SMILES string of the molecule is BC(B)(B)NC(=O)c1nnc(N2CCN(CC(C)C)C2=O)cc1Nc1cccc(-c2ncn(C)n2)c1OC. The van der Waals surface area contributed by atoms with Gasteiger partial charge in [-0.15, -0.1) is 10.2 Å². The summed E-state index contributed by atoms with van der Waals surface area (Å²) in [6.07, 6.45) is 1.61. The maximum atomic E-state index is 13.2. The maximum absolute atomic E-state index is 13.2. The number of methoxy groups -OCH3 is 1. The van der Waals surface area contributed by atoms with E-state index in [2.05, 4.69) is 44.8 Å². The molecular formula is C23H32B3N9O3. The van der Waals surface area contributed by atoms with Crippen LogP contribution in [0.25, 0.3) is 11.4 Å². The highest BCUT2D eigenvalue weighted by Crippen LogP contribution is 2.37. The number of urea groups is 1. The van der Waals surface area contributed by atoms with Gasteiger partial charge in [-0.2, -0.15) is 5.10 Å². The first-order chi connectivity index (χ1) is 18.0. The molecule has 0 aliphatic carbocycles. The number of hydrogen-bond donors (Lipinski definition) is 2. The van der Waals surface area contributed by atoms with Gasteiger partial charge in [0, 0.05) is 32.7 Å². The van der Waals surface area contributed by atoms with Crippen molar-refractivity contribution in [3.63, 3.8) is 0 Å². The van der Waals surface area contributed by atoms with E-state index < -0.39 is 11.1 Å². The molecule has 3 heterocycles. The van der Waals surface area contributed by atoms with E-state index in [-0.39, 0.29) is 11.7 Å². The highest BCUT2D eigenvalue weighted by atomic mass is 16.5. The van der Waals surface area contributed by atoms with Gasteiger partial charge in [-0.05, 0) is 23.3 Å². The van der Waals surface area contributed by atoms with Crippen LogP contribution in [0, 0.1) is 5.92 Å². The average Bonchev–Trinajstić information content (AvgIpc) is 3.43. The predicted octanol–water partition coefficient (Wildman–Crippen LogP) is -0.837. The quantitative estimate of drug-likeness (QED) is 0.354. The summed E-state index contributed by atoms with van der Waals surface area (Å²) in [5.41, 5.74) is 1.74. The molecule has 0 spiro atoms. The van der Waals surface area contributed by atoms with Crippen LogP contribution in [-0.2, 0) is 7.05 Å². The molecule has 1 aromatic carbocycles. The molecule has 0 atom stereocenters. The molecule has 3 aromatic rings. The number of rotatable bonds is 9. The molecule has 4 rings (SSSR count). The fourth-order valence-electron chi connectivity index (χ4n) is 4.22. The van der Waals surface area contributed by atoms with Gasteiger partial charge in [0.1, 0.15) is 29.9 Å². The molecule has 1 saturated heterocycles. The molecule has 2 aromatic heterocycles.